The molecule has 1 atom stereocenters. The van der Waals surface area contributed by atoms with Gasteiger partial charge in [0.15, 0.2) is 0 Å². The van der Waals surface area contributed by atoms with Gasteiger partial charge in [-0.05, 0) is 56.2 Å². The maximum absolute atomic E-state index is 11.6. The lowest BCUT2D eigenvalue weighted by Crippen LogP contribution is -2.39. The molecule has 30 heavy (non-hydrogen) atoms. The fraction of sp³-hybridized carbons (Fsp3) is 0.619. The number of unbranched alkanes of at least 4 members (excludes halogenated alkanes) is 2. The first-order valence-electron chi connectivity index (χ1n) is 10.4. The first kappa shape index (κ1) is 25.1. The van der Waals surface area contributed by atoms with Crippen LogP contribution in [0, 0.1) is 5.92 Å². The first-order chi connectivity index (χ1) is 14.5. The number of halogens is 2. The average molecular weight is 476 g/mol. The molecule has 1 unspecified atom stereocenters. The van der Waals surface area contributed by atoms with Gasteiger partial charge >= 0.3 is 6.03 Å². The van der Waals surface area contributed by atoms with Gasteiger partial charge in [-0.3, -0.25) is 4.72 Å². The van der Waals surface area contributed by atoms with E-state index >= 15 is 0 Å². The van der Waals surface area contributed by atoms with Gasteiger partial charge in [0.05, 0.1) is 18.2 Å². The highest BCUT2D eigenvalue weighted by atomic mass is 35.5. The molecule has 0 spiro atoms. The van der Waals surface area contributed by atoms with Gasteiger partial charge < -0.3 is 19.7 Å². The number of nitrogens with zero attached hydrogens (tertiary/aromatic N) is 1. The van der Waals surface area contributed by atoms with Crippen LogP contribution in [0.1, 0.15) is 50.6 Å². The summed E-state index contributed by atoms with van der Waals surface area (Å²) in [7, 11) is 1.57. The van der Waals surface area contributed by atoms with Crippen LogP contribution in [-0.2, 0) is 4.79 Å². The zero-order valence-electron chi connectivity index (χ0n) is 17.6. The molecule has 1 fully saturated rings. The Morgan fingerprint density at radius 1 is 1.30 bits per heavy atom. The molecule has 0 radical (unpaired) electrons. The van der Waals surface area contributed by atoms with Crippen LogP contribution in [0.25, 0.3) is 0 Å². The molecule has 2 amide bonds. The molecule has 2 rings (SSSR count). The molecule has 2 N–H and O–H groups in total. The predicted octanol–water partition coefficient (Wildman–Crippen LogP) is 5.09. The quantitative estimate of drug-likeness (QED) is 0.222. The second-order valence-corrected chi connectivity index (χ2v) is 9.22. The Hall–Kier alpha value is -1.15. The lowest BCUT2D eigenvalue weighted by molar-refractivity contribution is -0.108. The van der Waals surface area contributed by atoms with Crippen molar-refractivity contribution < 1.29 is 14.3 Å². The van der Waals surface area contributed by atoms with Crippen molar-refractivity contribution in [3.05, 3.63) is 27.7 Å². The number of nitrogens with one attached hydrogen (secondary N) is 2. The molecular formula is C21H31Cl2N3O3S. The van der Waals surface area contributed by atoms with Crippen LogP contribution >= 0.6 is 35.1 Å². The number of urea groups is 1. The van der Waals surface area contributed by atoms with Gasteiger partial charge in [-0.1, -0.05) is 41.6 Å². The van der Waals surface area contributed by atoms with Crippen molar-refractivity contribution in [1.82, 2.24) is 14.9 Å². The van der Waals surface area contributed by atoms with E-state index < -0.39 is 0 Å². The number of ether oxygens (including phenoxy) is 1. The minimum absolute atomic E-state index is 0.0550. The summed E-state index contributed by atoms with van der Waals surface area (Å²) in [5.41, 5.74) is 0.967. The maximum Gasteiger partial charge on any atom is 0.317 e. The number of hydrogen-bond donors (Lipinski definition) is 2. The molecule has 6 nitrogen and oxygen atoms in total. The van der Waals surface area contributed by atoms with E-state index in [2.05, 4.69) is 17.0 Å². The Kier molecular flexibility index (Phi) is 11.1. The molecule has 9 heteroatoms. The molecule has 1 aromatic rings. The van der Waals surface area contributed by atoms with E-state index in [0.29, 0.717) is 34.9 Å². The molecule has 1 aromatic carbocycles. The summed E-state index contributed by atoms with van der Waals surface area (Å²) < 4.78 is 9.28. The second kappa shape index (κ2) is 13.3. The van der Waals surface area contributed by atoms with Crippen molar-refractivity contribution in [2.24, 2.45) is 5.92 Å². The van der Waals surface area contributed by atoms with Gasteiger partial charge in [0, 0.05) is 30.4 Å². The van der Waals surface area contributed by atoms with E-state index in [4.69, 9.17) is 27.9 Å². The van der Waals surface area contributed by atoms with Gasteiger partial charge in [-0.25, -0.2) is 4.79 Å². The number of amides is 2. The molecule has 0 aromatic heterocycles. The smallest absolute Gasteiger partial charge is 0.317 e. The fourth-order valence-corrected chi connectivity index (χ4v) is 4.35. The maximum atomic E-state index is 11.6. The van der Waals surface area contributed by atoms with Crippen molar-refractivity contribution in [2.45, 2.75) is 45.1 Å². The Morgan fingerprint density at radius 3 is 2.73 bits per heavy atom. The Bertz CT molecular complexity index is 704. The summed E-state index contributed by atoms with van der Waals surface area (Å²) in [6, 6.07) is 3.53. The Labute approximate surface area is 193 Å². The number of aldehydes is 1. The summed E-state index contributed by atoms with van der Waals surface area (Å²) in [5, 5.41) is 3.73. The number of carbonyl (C=O) groups is 2. The van der Waals surface area contributed by atoms with Crippen molar-refractivity contribution in [2.75, 3.05) is 32.5 Å². The minimum Gasteiger partial charge on any atom is -0.492 e. The number of hydrogen-bond acceptors (Lipinski definition) is 5. The minimum atomic E-state index is -0.215. The lowest BCUT2D eigenvalue weighted by atomic mass is 10.1. The van der Waals surface area contributed by atoms with E-state index in [1.807, 2.05) is 6.07 Å². The van der Waals surface area contributed by atoms with Crippen LogP contribution in [0.2, 0.25) is 10.0 Å². The summed E-state index contributed by atoms with van der Waals surface area (Å²) in [5.74, 6) is 2.29. The summed E-state index contributed by atoms with van der Waals surface area (Å²) in [4.78, 5) is 23.8. The van der Waals surface area contributed by atoms with E-state index in [-0.39, 0.29) is 18.6 Å². The van der Waals surface area contributed by atoms with Crippen LogP contribution in [0.3, 0.4) is 0 Å². The topological polar surface area (TPSA) is 70.7 Å². The van der Waals surface area contributed by atoms with Crippen LogP contribution < -0.4 is 14.8 Å². The highest BCUT2D eigenvalue weighted by Gasteiger charge is 2.23. The van der Waals surface area contributed by atoms with Crippen LogP contribution in [0.5, 0.6) is 5.75 Å². The van der Waals surface area contributed by atoms with Crippen molar-refractivity contribution in [1.29, 1.82) is 0 Å². The third kappa shape index (κ3) is 8.53. The highest BCUT2D eigenvalue weighted by Crippen LogP contribution is 2.36. The SMILES string of the molecule is CNC(=O)N(CC=O)CCCCCSNC(C)c1cc(OCC2CC2)c(Cl)cc1Cl. The molecular weight excluding hydrogens is 445 g/mol. The Balaban J connectivity index is 1.68. The van der Waals surface area contributed by atoms with Gasteiger partial charge in [-0.2, -0.15) is 0 Å². The lowest BCUT2D eigenvalue weighted by Gasteiger charge is -2.19. The predicted molar refractivity (Wildman–Crippen MR) is 125 cm³/mol. The third-order valence-electron chi connectivity index (χ3n) is 4.92. The molecule has 0 aliphatic heterocycles. The van der Waals surface area contributed by atoms with Crippen LogP contribution in [-0.4, -0.2) is 49.7 Å². The van der Waals surface area contributed by atoms with E-state index in [1.54, 1.807) is 25.1 Å². The molecule has 1 saturated carbocycles. The monoisotopic (exact) mass is 475 g/mol. The molecule has 1 aliphatic carbocycles. The van der Waals surface area contributed by atoms with Crippen LogP contribution in [0.15, 0.2) is 12.1 Å². The molecule has 0 heterocycles. The summed E-state index contributed by atoms with van der Waals surface area (Å²) >= 11 is 14.3. The zero-order chi connectivity index (χ0) is 21.9. The van der Waals surface area contributed by atoms with Gasteiger partial charge in [0.25, 0.3) is 0 Å². The Morgan fingerprint density at radius 2 is 2.07 bits per heavy atom. The van der Waals surface area contributed by atoms with Gasteiger partial charge in [-0.15, -0.1) is 0 Å². The number of benzene rings is 1. The standard InChI is InChI=1S/C21H31Cl2N3O3S/c1-15(17-12-20(19(23)13-18(17)22)29-14-16-6-7-16)25-30-11-5-3-4-8-26(9-10-27)21(28)24-2/h10,12-13,15-16,25H,3-9,11,14H2,1-2H3,(H,24,28). The zero-order valence-corrected chi connectivity index (χ0v) is 19.9. The van der Waals surface area contributed by atoms with Crippen molar-refractivity contribution >= 4 is 47.5 Å². The van der Waals surface area contributed by atoms with Crippen LogP contribution in [0.4, 0.5) is 4.79 Å². The number of rotatable bonds is 14. The first-order valence-corrected chi connectivity index (χ1v) is 12.1. The molecule has 0 bridgehead atoms. The summed E-state index contributed by atoms with van der Waals surface area (Å²) in [6.07, 6.45) is 6.07. The fourth-order valence-electron chi connectivity index (χ4n) is 2.90. The molecule has 0 saturated heterocycles. The molecule has 1 aliphatic rings. The van der Waals surface area contributed by atoms with E-state index in [1.165, 1.54) is 17.7 Å². The van der Waals surface area contributed by atoms with Gasteiger partial charge in [0.1, 0.15) is 12.0 Å². The van der Waals surface area contributed by atoms with E-state index in [9.17, 15) is 9.59 Å². The largest absolute Gasteiger partial charge is 0.492 e. The van der Waals surface area contributed by atoms with Crippen molar-refractivity contribution in [3.8, 4) is 5.75 Å². The third-order valence-corrected chi connectivity index (χ3v) is 6.56. The molecule has 168 valence electrons. The van der Waals surface area contributed by atoms with Gasteiger partial charge in [0.2, 0.25) is 0 Å². The second-order valence-electron chi connectivity index (χ2n) is 7.48. The normalized spacial score (nSPS) is 14.3. The average Bonchev–Trinajstić information content (AvgIpc) is 3.55. The van der Waals surface area contributed by atoms with E-state index in [0.717, 1.165) is 36.9 Å². The van der Waals surface area contributed by atoms with Crippen molar-refractivity contribution in [3.63, 3.8) is 0 Å². The highest BCUT2D eigenvalue weighted by molar-refractivity contribution is 7.97. The summed E-state index contributed by atoms with van der Waals surface area (Å²) in [6.45, 7) is 3.48. The number of carbonyl (C=O) groups excluding carboxylic acids is 2.